The molecular weight excluding hydrogens is 222 g/mol. The van der Waals surface area contributed by atoms with Crippen LogP contribution < -0.4 is 0 Å². The molecule has 0 aromatic carbocycles. The predicted octanol–water partition coefficient (Wildman–Crippen LogP) is 0.632. The first-order chi connectivity index (χ1) is 8.02. The van der Waals surface area contributed by atoms with Gasteiger partial charge in [0.25, 0.3) is 0 Å². The van der Waals surface area contributed by atoms with Gasteiger partial charge in [0, 0.05) is 19.6 Å². The second-order valence-electron chi connectivity index (χ2n) is 4.49. The van der Waals surface area contributed by atoms with Crippen LogP contribution in [0.15, 0.2) is 4.42 Å². The van der Waals surface area contributed by atoms with Gasteiger partial charge in [0.05, 0.1) is 19.3 Å². The monoisotopic (exact) mass is 243 g/mol. The third-order valence-electron chi connectivity index (χ3n) is 2.26. The molecular formula is C11H21N3O3. The molecule has 0 saturated carbocycles. The molecule has 1 N–H and O–H groups in total. The zero-order valence-corrected chi connectivity index (χ0v) is 10.9. The second-order valence-corrected chi connectivity index (χ2v) is 4.49. The maximum Gasteiger partial charge on any atom is 0.230 e. The predicted molar refractivity (Wildman–Crippen MR) is 62.6 cm³/mol. The summed E-state index contributed by atoms with van der Waals surface area (Å²) in [6, 6.07) is 0. The number of ether oxygens (including phenoxy) is 1. The Bertz CT molecular complexity index is 328. The Balaban J connectivity index is 2.41. The molecule has 6 heteroatoms. The van der Waals surface area contributed by atoms with E-state index in [1.54, 1.807) is 7.11 Å². The molecule has 0 amide bonds. The van der Waals surface area contributed by atoms with Crippen LogP contribution in [0.2, 0.25) is 0 Å². The van der Waals surface area contributed by atoms with Crippen LogP contribution in [0.25, 0.3) is 0 Å². The first kappa shape index (κ1) is 14.1. The first-order valence-electron chi connectivity index (χ1n) is 5.70. The lowest BCUT2D eigenvalue weighted by Crippen LogP contribution is -2.31. The maximum atomic E-state index is 9.56. The van der Waals surface area contributed by atoms with Crippen molar-refractivity contribution in [2.24, 2.45) is 0 Å². The fraction of sp³-hybridized carbons (Fsp3) is 0.818. The van der Waals surface area contributed by atoms with Gasteiger partial charge in [-0.25, -0.2) is 0 Å². The van der Waals surface area contributed by atoms with Crippen LogP contribution in [0.5, 0.6) is 0 Å². The van der Waals surface area contributed by atoms with Gasteiger partial charge in [0.15, 0.2) is 0 Å². The Kier molecular flexibility index (Phi) is 5.54. The van der Waals surface area contributed by atoms with E-state index in [9.17, 15) is 5.11 Å². The maximum absolute atomic E-state index is 9.56. The van der Waals surface area contributed by atoms with Gasteiger partial charge in [-0.05, 0) is 7.05 Å². The molecule has 17 heavy (non-hydrogen) atoms. The Morgan fingerprint density at radius 3 is 2.65 bits per heavy atom. The van der Waals surface area contributed by atoms with Gasteiger partial charge in [-0.1, -0.05) is 13.8 Å². The molecule has 0 aliphatic heterocycles. The molecule has 1 heterocycles. The number of hydrogen-bond acceptors (Lipinski definition) is 6. The molecule has 1 atom stereocenters. The summed E-state index contributed by atoms with van der Waals surface area (Å²) >= 11 is 0. The van der Waals surface area contributed by atoms with Crippen molar-refractivity contribution in [2.45, 2.75) is 32.4 Å². The summed E-state index contributed by atoms with van der Waals surface area (Å²) in [6.07, 6.45) is -0.502. The van der Waals surface area contributed by atoms with E-state index in [2.05, 4.69) is 10.2 Å². The van der Waals surface area contributed by atoms with Crippen LogP contribution in [0.3, 0.4) is 0 Å². The molecule has 98 valence electrons. The van der Waals surface area contributed by atoms with Gasteiger partial charge >= 0.3 is 0 Å². The van der Waals surface area contributed by atoms with E-state index in [4.69, 9.17) is 9.15 Å². The lowest BCUT2D eigenvalue weighted by atomic mass is 10.2. The standard InChI is InChI=1S/C11H21N3O3/c1-8(2)11-13-12-10(17-11)6-14(3)5-9(15)7-16-4/h8-9,15H,5-7H2,1-4H3/t9-/m1/s1. The van der Waals surface area contributed by atoms with Crippen LogP contribution in [0.4, 0.5) is 0 Å². The number of hydrogen-bond donors (Lipinski definition) is 1. The normalized spacial score (nSPS) is 13.6. The van der Waals surface area contributed by atoms with E-state index >= 15 is 0 Å². The number of likely N-dealkylation sites (N-methyl/N-ethyl adjacent to an activating group) is 1. The van der Waals surface area contributed by atoms with E-state index in [1.807, 2.05) is 25.8 Å². The van der Waals surface area contributed by atoms with Gasteiger partial charge < -0.3 is 14.3 Å². The lowest BCUT2D eigenvalue weighted by molar-refractivity contribution is 0.0403. The molecule has 1 aromatic rings. The zero-order chi connectivity index (χ0) is 12.8. The minimum atomic E-state index is -0.502. The molecule has 0 fully saturated rings. The number of methoxy groups -OCH3 is 1. The number of aromatic nitrogens is 2. The molecule has 0 bridgehead atoms. The van der Waals surface area contributed by atoms with Crippen LogP contribution in [-0.2, 0) is 11.3 Å². The highest BCUT2D eigenvalue weighted by molar-refractivity contribution is 4.87. The van der Waals surface area contributed by atoms with Crippen molar-refractivity contribution >= 4 is 0 Å². The summed E-state index contributed by atoms with van der Waals surface area (Å²) < 4.78 is 10.3. The highest BCUT2D eigenvalue weighted by atomic mass is 16.5. The first-order valence-corrected chi connectivity index (χ1v) is 5.70. The molecule has 0 spiro atoms. The summed E-state index contributed by atoms with van der Waals surface area (Å²) in [5, 5.41) is 17.5. The van der Waals surface area contributed by atoms with Crippen LogP contribution >= 0.6 is 0 Å². The summed E-state index contributed by atoms with van der Waals surface area (Å²) in [5.74, 6) is 1.45. The van der Waals surface area contributed by atoms with Crippen molar-refractivity contribution < 1.29 is 14.3 Å². The van der Waals surface area contributed by atoms with Gasteiger partial charge in [0.2, 0.25) is 11.8 Å². The van der Waals surface area contributed by atoms with Crippen molar-refractivity contribution in [2.75, 3.05) is 27.3 Å². The van der Waals surface area contributed by atoms with Crippen molar-refractivity contribution in [3.8, 4) is 0 Å². The Labute approximate surface area is 102 Å². The smallest absolute Gasteiger partial charge is 0.230 e. The van der Waals surface area contributed by atoms with Crippen molar-refractivity contribution in [1.82, 2.24) is 15.1 Å². The van der Waals surface area contributed by atoms with E-state index in [0.717, 1.165) is 0 Å². The average Bonchev–Trinajstić information content (AvgIpc) is 2.66. The number of aliphatic hydroxyl groups is 1. The number of nitrogens with zero attached hydrogens (tertiary/aromatic N) is 3. The fourth-order valence-electron chi connectivity index (χ4n) is 1.46. The molecule has 0 aliphatic carbocycles. The average molecular weight is 243 g/mol. The molecule has 1 aromatic heterocycles. The largest absolute Gasteiger partial charge is 0.424 e. The third kappa shape index (κ3) is 4.80. The van der Waals surface area contributed by atoms with Crippen molar-refractivity contribution in [3.05, 3.63) is 11.8 Å². The van der Waals surface area contributed by atoms with E-state index in [0.29, 0.717) is 31.5 Å². The van der Waals surface area contributed by atoms with Gasteiger partial charge in [-0.2, -0.15) is 0 Å². The zero-order valence-electron chi connectivity index (χ0n) is 10.9. The van der Waals surface area contributed by atoms with Gasteiger partial charge in [-0.3, -0.25) is 4.90 Å². The summed E-state index contributed by atoms with van der Waals surface area (Å²) in [5.41, 5.74) is 0. The SMILES string of the molecule is COC[C@H](O)CN(C)Cc1nnc(C(C)C)o1. The summed E-state index contributed by atoms with van der Waals surface area (Å²) in [4.78, 5) is 1.92. The molecule has 1 rings (SSSR count). The van der Waals surface area contributed by atoms with Crippen LogP contribution in [-0.4, -0.2) is 53.6 Å². The third-order valence-corrected chi connectivity index (χ3v) is 2.26. The van der Waals surface area contributed by atoms with E-state index < -0.39 is 6.10 Å². The molecule has 0 saturated heterocycles. The molecule has 0 unspecified atom stereocenters. The highest BCUT2D eigenvalue weighted by Gasteiger charge is 2.13. The van der Waals surface area contributed by atoms with Crippen LogP contribution in [0, 0.1) is 0 Å². The summed E-state index contributed by atoms with van der Waals surface area (Å²) in [6.45, 7) is 5.37. The molecule has 6 nitrogen and oxygen atoms in total. The Morgan fingerprint density at radius 2 is 2.12 bits per heavy atom. The Hall–Kier alpha value is -0.980. The minimum Gasteiger partial charge on any atom is -0.424 e. The Morgan fingerprint density at radius 1 is 1.41 bits per heavy atom. The van der Waals surface area contributed by atoms with Crippen LogP contribution in [0.1, 0.15) is 31.5 Å². The minimum absolute atomic E-state index is 0.237. The van der Waals surface area contributed by atoms with Gasteiger partial charge in [-0.15, -0.1) is 10.2 Å². The van der Waals surface area contributed by atoms with Crippen molar-refractivity contribution in [3.63, 3.8) is 0 Å². The lowest BCUT2D eigenvalue weighted by Gasteiger charge is -2.18. The van der Waals surface area contributed by atoms with Crippen molar-refractivity contribution in [1.29, 1.82) is 0 Å². The topological polar surface area (TPSA) is 71.6 Å². The summed E-state index contributed by atoms with van der Waals surface area (Å²) in [7, 11) is 3.45. The molecule has 0 aliphatic rings. The van der Waals surface area contributed by atoms with Gasteiger partial charge in [0.1, 0.15) is 0 Å². The second kappa shape index (κ2) is 6.68. The van der Waals surface area contributed by atoms with E-state index in [-0.39, 0.29) is 5.92 Å². The quantitative estimate of drug-likeness (QED) is 0.757. The number of rotatable bonds is 7. The van der Waals surface area contributed by atoms with E-state index in [1.165, 1.54) is 0 Å². The fourth-order valence-corrected chi connectivity index (χ4v) is 1.46. The number of aliphatic hydroxyl groups excluding tert-OH is 1. The molecule has 0 radical (unpaired) electrons. The highest BCUT2D eigenvalue weighted by Crippen LogP contribution is 2.12.